The molecule has 0 atom stereocenters. The van der Waals surface area contributed by atoms with Crippen molar-refractivity contribution in [3.8, 4) is 0 Å². The third-order valence-electron chi connectivity index (χ3n) is 4.03. The number of hydrogen-bond acceptors (Lipinski definition) is 5. The van der Waals surface area contributed by atoms with Gasteiger partial charge in [-0.15, -0.1) is 0 Å². The van der Waals surface area contributed by atoms with E-state index in [-0.39, 0.29) is 18.2 Å². The van der Waals surface area contributed by atoms with Gasteiger partial charge in [-0.05, 0) is 19.1 Å². The molecule has 0 aliphatic carbocycles. The maximum atomic E-state index is 12.4. The molecule has 3 heterocycles. The number of pyridine rings is 1. The van der Waals surface area contributed by atoms with E-state index in [9.17, 15) is 13.2 Å². The Hall–Kier alpha value is -2.00. The van der Waals surface area contributed by atoms with Crippen molar-refractivity contribution < 1.29 is 13.2 Å². The molecule has 8 nitrogen and oxygen atoms in total. The highest BCUT2D eigenvalue weighted by Crippen LogP contribution is 2.12. The van der Waals surface area contributed by atoms with Crippen molar-refractivity contribution >= 4 is 27.0 Å². The number of fused-ring (bicyclic) bond motifs is 1. The number of aromatic nitrogens is 3. The molecule has 0 spiro atoms. The molecule has 0 radical (unpaired) electrons. The van der Waals surface area contributed by atoms with E-state index in [1.54, 1.807) is 28.9 Å². The number of carbonyl (C=O) groups excluding carboxylic acids is 1. The first-order valence-electron chi connectivity index (χ1n) is 7.53. The molecule has 0 N–H and O–H groups in total. The fourth-order valence-corrected chi connectivity index (χ4v) is 3.74. The first-order valence-corrected chi connectivity index (χ1v) is 9.14. The maximum Gasteiger partial charge on any atom is 0.244 e. The molecule has 9 heteroatoms. The van der Waals surface area contributed by atoms with Crippen LogP contribution in [0.5, 0.6) is 0 Å². The van der Waals surface area contributed by atoms with Gasteiger partial charge in [0.05, 0.1) is 11.9 Å². The normalized spacial score (nSPS) is 16.8. The van der Waals surface area contributed by atoms with Crippen LogP contribution in [-0.4, -0.2) is 70.2 Å². The minimum absolute atomic E-state index is 0.0748. The molecular formula is C14H19N5O3S. The molecule has 1 aliphatic heterocycles. The summed E-state index contributed by atoms with van der Waals surface area (Å²) in [6, 6.07) is 3.72. The molecule has 1 fully saturated rings. The molecular weight excluding hydrogens is 318 g/mol. The van der Waals surface area contributed by atoms with Gasteiger partial charge < -0.3 is 4.90 Å². The predicted molar refractivity (Wildman–Crippen MR) is 85.1 cm³/mol. The minimum atomic E-state index is -3.18. The summed E-state index contributed by atoms with van der Waals surface area (Å²) in [5, 5.41) is 5.09. The molecule has 0 aromatic carbocycles. The van der Waals surface area contributed by atoms with Crippen LogP contribution in [0.2, 0.25) is 0 Å². The highest BCUT2D eigenvalue weighted by molar-refractivity contribution is 7.89. The van der Waals surface area contributed by atoms with Crippen LogP contribution in [0.4, 0.5) is 0 Å². The van der Waals surface area contributed by atoms with Crippen LogP contribution in [-0.2, 0) is 21.4 Å². The number of nitrogens with zero attached hydrogens (tertiary/aromatic N) is 5. The van der Waals surface area contributed by atoms with Gasteiger partial charge in [0.25, 0.3) is 0 Å². The highest BCUT2D eigenvalue weighted by atomic mass is 32.2. The molecule has 2 aromatic heterocycles. The molecule has 124 valence electrons. The Morgan fingerprint density at radius 1 is 1.26 bits per heavy atom. The number of hydrogen-bond donors (Lipinski definition) is 0. The van der Waals surface area contributed by atoms with Crippen molar-refractivity contribution in [3.05, 3.63) is 24.5 Å². The second-order valence-electron chi connectivity index (χ2n) is 5.40. The van der Waals surface area contributed by atoms with E-state index in [2.05, 4.69) is 10.1 Å². The number of carbonyl (C=O) groups is 1. The Balaban J connectivity index is 1.64. The Morgan fingerprint density at radius 2 is 2.00 bits per heavy atom. The quantitative estimate of drug-likeness (QED) is 0.779. The zero-order chi connectivity index (χ0) is 16.4. The van der Waals surface area contributed by atoms with Gasteiger partial charge in [0.2, 0.25) is 15.9 Å². The molecule has 0 saturated carbocycles. The summed E-state index contributed by atoms with van der Waals surface area (Å²) in [6.45, 7) is 3.25. The van der Waals surface area contributed by atoms with Crippen molar-refractivity contribution in [3.63, 3.8) is 0 Å². The lowest BCUT2D eigenvalue weighted by Crippen LogP contribution is -2.51. The Bertz CT molecular complexity index is 809. The lowest BCUT2D eigenvalue weighted by Gasteiger charge is -2.33. The van der Waals surface area contributed by atoms with E-state index in [1.165, 1.54) is 4.31 Å². The molecule has 3 rings (SSSR count). The molecule has 1 saturated heterocycles. The lowest BCUT2D eigenvalue weighted by molar-refractivity contribution is -0.133. The summed E-state index contributed by atoms with van der Waals surface area (Å²) in [5.74, 6) is 0.0144. The number of sulfonamides is 1. The van der Waals surface area contributed by atoms with E-state index >= 15 is 0 Å². The van der Waals surface area contributed by atoms with Gasteiger partial charge in [0, 0.05) is 37.8 Å². The summed E-state index contributed by atoms with van der Waals surface area (Å²) in [6.07, 6.45) is 3.35. The summed E-state index contributed by atoms with van der Waals surface area (Å²) < 4.78 is 26.7. The third-order valence-corrected chi connectivity index (χ3v) is 5.91. The van der Waals surface area contributed by atoms with Crippen LogP contribution < -0.4 is 0 Å². The van der Waals surface area contributed by atoms with Crippen molar-refractivity contribution in [2.24, 2.45) is 0 Å². The average molecular weight is 337 g/mol. The van der Waals surface area contributed by atoms with Gasteiger partial charge in [-0.3, -0.25) is 4.79 Å². The third kappa shape index (κ3) is 3.20. The minimum Gasteiger partial charge on any atom is -0.338 e. The SMILES string of the molecule is CCS(=O)(=O)N1CCN(C(=O)Cn2ncc3cccnc32)CC1. The van der Waals surface area contributed by atoms with E-state index in [0.717, 1.165) is 5.39 Å². The highest BCUT2D eigenvalue weighted by Gasteiger charge is 2.27. The summed E-state index contributed by atoms with van der Waals surface area (Å²) in [5.41, 5.74) is 0.674. The smallest absolute Gasteiger partial charge is 0.244 e. The lowest BCUT2D eigenvalue weighted by atomic mass is 10.3. The molecule has 2 aromatic rings. The largest absolute Gasteiger partial charge is 0.338 e. The van der Waals surface area contributed by atoms with Gasteiger partial charge in [-0.25, -0.2) is 18.1 Å². The summed E-state index contributed by atoms with van der Waals surface area (Å²) in [4.78, 5) is 18.3. The Morgan fingerprint density at radius 3 is 2.70 bits per heavy atom. The standard InChI is InChI=1S/C14H19N5O3S/c1-2-23(21,22)18-8-6-17(7-9-18)13(20)11-19-14-12(10-16-19)4-3-5-15-14/h3-5,10H,2,6-9,11H2,1H3. The zero-order valence-electron chi connectivity index (χ0n) is 12.9. The number of amides is 1. The first-order chi connectivity index (χ1) is 11.0. The first kappa shape index (κ1) is 15.9. The van der Waals surface area contributed by atoms with Crippen LogP contribution in [0.1, 0.15) is 6.92 Å². The average Bonchev–Trinajstić information content (AvgIpc) is 2.98. The van der Waals surface area contributed by atoms with Gasteiger partial charge in [-0.1, -0.05) is 0 Å². The Labute approximate surface area is 134 Å². The Kier molecular flexibility index (Phi) is 4.31. The monoisotopic (exact) mass is 337 g/mol. The van der Waals surface area contributed by atoms with E-state index < -0.39 is 10.0 Å². The van der Waals surface area contributed by atoms with E-state index in [0.29, 0.717) is 31.8 Å². The predicted octanol–water partition coefficient (Wildman–Crippen LogP) is -0.0748. The van der Waals surface area contributed by atoms with Crippen LogP contribution in [0, 0.1) is 0 Å². The van der Waals surface area contributed by atoms with Crippen LogP contribution in [0.3, 0.4) is 0 Å². The van der Waals surface area contributed by atoms with Crippen molar-refractivity contribution in [1.29, 1.82) is 0 Å². The fourth-order valence-electron chi connectivity index (χ4n) is 2.65. The molecule has 0 bridgehead atoms. The van der Waals surface area contributed by atoms with Gasteiger partial charge >= 0.3 is 0 Å². The van der Waals surface area contributed by atoms with Crippen molar-refractivity contribution in [2.75, 3.05) is 31.9 Å². The van der Waals surface area contributed by atoms with E-state index in [4.69, 9.17) is 0 Å². The topological polar surface area (TPSA) is 88.4 Å². The zero-order valence-corrected chi connectivity index (χ0v) is 13.7. The number of rotatable bonds is 4. The van der Waals surface area contributed by atoms with Crippen molar-refractivity contribution in [1.82, 2.24) is 24.0 Å². The van der Waals surface area contributed by atoms with E-state index in [1.807, 2.05) is 12.1 Å². The van der Waals surface area contributed by atoms with Crippen LogP contribution >= 0.6 is 0 Å². The van der Waals surface area contributed by atoms with Gasteiger partial charge in [0.15, 0.2) is 5.65 Å². The molecule has 1 amide bonds. The molecule has 23 heavy (non-hydrogen) atoms. The molecule has 0 unspecified atom stereocenters. The maximum absolute atomic E-state index is 12.4. The molecule has 1 aliphatic rings. The second kappa shape index (κ2) is 6.25. The summed E-state index contributed by atoms with van der Waals surface area (Å²) in [7, 11) is -3.18. The van der Waals surface area contributed by atoms with Crippen LogP contribution in [0.25, 0.3) is 11.0 Å². The van der Waals surface area contributed by atoms with Crippen molar-refractivity contribution in [2.45, 2.75) is 13.5 Å². The second-order valence-corrected chi connectivity index (χ2v) is 7.66. The summed E-state index contributed by atoms with van der Waals surface area (Å²) >= 11 is 0. The number of piperazine rings is 1. The van der Waals surface area contributed by atoms with Gasteiger partial charge in [0.1, 0.15) is 6.54 Å². The van der Waals surface area contributed by atoms with Gasteiger partial charge in [-0.2, -0.15) is 9.40 Å². The van der Waals surface area contributed by atoms with Crippen LogP contribution in [0.15, 0.2) is 24.5 Å². The fraction of sp³-hybridized carbons (Fsp3) is 0.500.